The number of carbonyl (C=O) groups excluding carboxylic acids is 2. The van der Waals surface area contributed by atoms with Gasteiger partial charge in [-0.15, -0.1) is 11.8 Å². The third-order valence-electron chi connectivity index (χ3n) is 4.07. The van der Waals surface area contributed by atoms with Crippen LogP contribution in [-0.4, -0.2) is 68.4 Å². The number of carboxylic acid groups (broad SMARTS) is 1. The van der Waals surface area contributed by atoms with Gasteiger partial charge < -0.3 is 19.7 Å². The average Bonchev–Trinajstić information content (AvgIpc) is 3.19. The molecule has 1 atom stereocenters. The van der Waals surface area contributed by atoms with Gasteiger partial charge >= 0.3 is 18.1 Å². The number of aromatic amines is 1. The average molecular weight is 446 g/mol. The summed E-state index contributed by atoms with van der Waals surface area (Å²) in [7, 11) is 1.32. The van der Waals surface area contributed by atoms with Gasteiger partial charge in [-0.25, -0.2) is 19.6 Å². The lowest BCUT2D eigenvalue weighted by Gasteiger charge is -2.33. The van der Waals surface area contributed by atoms with E-state index in [1.54, 1.807) is 24.7 Å². The maximum atomic E-state index is 13.0. The van der Waals surface area contributed by atoms with Crippen molar-refractivity contribution in [3.8, 4) is 0 Å². The third kappa shape index (κ3) is 5.28. The number of nitrogens with zero attached hydrogens (tertiary/aromatic N) is 3. The minimum Gasteiger partial charge on any atom is -0.475 e. The molecule has 0 spiro atoms. The fraction of sp³-hybridized carbons (Fsp3) is 0.353. The van der Waals surface area contributed by atoms with Gasteiger partial charge in [-0.2, -0.15) is 13.2 Å². The number of aliphatic carboxylic acids is 1. The number of nitrogens with one attached hydrogen (secondary N) is 1. The van der Waals surface area contributed by atoms with Gasteiger partial charge in [-0.05, 0) is 18.4 Å². The quantitative estimate of drug-likeness (QED) is 0.541. The maximum Gasteiger partial charge on any atom is 0.490 e. The maximum absolute atomic E-state index is 13.0. The van der Waals surface area contributed by atoms with Gasteiger partial charge in [0.05, 0.1) is 36.9 Å². The van der Waals surface area contributed by atoms with Crippen LogP contribution in [0.15, 0.2) is 29.7 Å². The second-order valence-electron chi connectivity index (χ2n) is 5.87. The zero-order valence-electron chi connectivity index (χ0n) is 15.8. The molecule has 0 aliphatic carbocycles. The predicted octanol–water partition coefficient (Wildman–Crippen LogP) is 1.90. The smallest absolute Gasteiger partial charge is 0.475 e. The first-order valence-corrected chi connectivity index (χ1v) is 9.51. The SMILES string of the molecule is COC(=O)C1Cc2nc[nH]c2CN1C(=O)c1cccnc1SC.O=C(O)C(F)(F)F. The van der Waals surface area contributed by atoms with E-state index in [-0.39, 0.29) is 12.5 Å². The van der Waals surface area contributed by atoms with E-state index >= 15 is 0 Å². The number of rotatable bonds is 3. The van der Waals surface area contributed by atoms with E-state index in [4.69, 9.17) is 14.6 Å². The highest BCUT2D eigenvalue weighted by atomic mass is 32.2. The highest BCUT2D eigenvalue weighted by Gasteiger charge is 2.38. The minimum atomic E-state index is -5.08. The Morgan fingerprint density at radius 2 is 2.00 bits per heavy atom. The normalized spacial score (nSPS) is 15.5. The first-order valence-electron chi connectivity index (χ1n) is 8.29. The van der Waals surface area contributed by atoms with Crippen molar-refractivity contribution in [3.05, 3.63) is 41.6 Å². The summed E-state index contributed by atoms with van der Waals surface area (Å²) < 4.78 is 36.6. The Bertz CT molecular complexity index is 934. The number of methoxy groups -OCH3 is 1. The van der Waals surface area contributed by atoms with Crippen molar-refractivity contribution < 1.29 is 37.4 Å². The zero-order valence-corrected chi connectivity index (χ0v) is 16.6. The highest BCUT2D eigenvalue weighted by molar-refractivity contribution is 7.98. The van der Waals surface area contributed by atoms with Crippen LogP contribution in [0.4, 0.5) is 13.2 Å². The number of esters is 1. The molecule has 0 aromatic carbocycles. The number of pyridine rings is 1. The summed E-state index contributed by atoms with van der Waals surface area (Å²) in [4.78, 5) is 47.0. The van der Waals surface area contributed by atoms with Gasteiger partial charge in [-0.1, -0.05) is 0 Å². The Morgan fingerprint density at radius 3 is 2.57 bits per heavy atom. The van der Waals surface area contributed by atoms with Crippen molar-refractivity contribution in [2.45, 2.75) is 30.2 Å². The number of carbonyl (C=O) groups is 3. The third-order valence-corrected chi connectivity index (χ3v) is 4.78. The summed E-state index contributed by atoms with van der Waals surface area (Å²) in [5.41, 5.74) is 2.12. The number of hydrogen-bond acceptors (Lipinski definition) is 7. The van der Waals surface area contributed by atoms with Crippen LogP contribution >= 0.6 is 11.8 Å². The van der Waals surface area contributed by atoms with E-state index in [1.807, 2.05) is 6.26 Å². The number of imidazole rings is 1. The first-order chi connectivity index (χ1) is 14.1. The Kier molecular flexibility index (Phi) is 7.43. The number of carboxylic acids is 1. The summed E-state index contributed by atoms with van der Waals surface area (Å²) >= 11 is 1.40. The topological polar surface area (TPSA) is 125 Å². The molecule has 0 bridgehead atoms. The number of ether oxygens (including phenoxy) is 1. The van der Waals surface area contributed by atoms with Gasteiger partial charge in [0, 0.05) is 12.6 Å². The van der Waals surface area contributed by atoms with Crippen LogP contribution in [0.25, 0.3) is 0 Å². The van der Waals surface area contributed by atoms with Crippen LogP contribution in [-0.2, 0) is 27.3 Å². The molecule has 0 saturated heterocycles. The highest BCUT2D eigenvalue weighted by Crippen LogP contribution is 2.26. The van der Waals surface area contributed by atoms with Crippen LogP contribution in [0.1, 0.15) is 21.7 Å². The Balaban J connectivity index is 0.000000396. The largest absolute Gasteiger partial charge is 0.490 e. The Morgan fingerprint density at radius 1 is 1.33 bits per heavy atom. The molecular weight excluding hydrogens is 429 g/mol. The fourth-order valence-electron chi connectivity index (χ4n) is 2.67. The molecule has 0 radical (unpaired) electrons. The van der Waals surface area contributed by atoms with Gasteiger partial charge in [0.25, 0.3) is 5.91 Å². The molecule has 30 heavy (non-hydrogen) atoms. The van der Waals surface area contributed by atoms with E-state index < -0.39 is 24.2 Å². The standard InChI is InChI=1S/C15H16N4O3S.C2HF3O2/c1-22-15(21)12-6-10-11(18-8-17-10)7-19(12)14(20)9-4-3-5-16-13(9)23-2;3-2(4,5)1(6)7/h3-5,8,12H,6-7H2,1-2H3,(H,17,18);(H,6,7). The van der Waals surface area contributed by atoms with E-state index in [0.29, 0.717) is 17.0 Å². The molecule has 3 rings (SSSR count). The van der Waals surface area contributed by atoms with Crippen molar-refractivity contribution in [1.82, 2.24) is 19.9 Å². The lowest BCUT2D eigenvalue weighted by molar-refractivity contribution is -0.192. The van der Waals surface area contributed by atoms with Crippen LogP contribution in [0.2, 0.25) is 0 Å². The number of fused-ring (bicyclic) bond motifs is 1. The van der Waals surface area contributed by atoms with E-state index in [2.05, 4.69) is 15.0 Å². The molecule has 2 N–H and O–H groups in total. The molecule has 162 valence electrons. The van der Waals surface area contributed by atoms with Crippen molar-refractivity contribution in [2.75, 3.05) is 13.4 Å². The summed E-state index contributed by atoms with van der Waals surface area (Å²) in [6, 6.07) is 2.75. The van der Waals surface area contributed by atoms with Crippen molar-refractivity contribution in [3.63, 3.8) is 0 Å². The number of aromatic nitrogens is 3. The number of H-pyrrole nitrogens is 1. The monoisotopic (exact) mass is 446 g/mol. The number of hydrogen-bond donors (Lipinski definition) is 2. The fourth-order valence-corrected chi connectivity index (χ4v) is 3.21. The van der Waals surface area contributed by atoms with Crippen LogP contribution in [0, 0.1) is 0 Å². The number of amides is 1. The van der Waals surface area contributed by atoms with Gasteiger partial charge in [-0.3, -0.25) is 4.79 Å². The molecule has 9 nitrogen and oxygen atoms in total. The van der Waals surface area contributed by atoms with E-state index in [1.165, 1.54) is 23.8 Å². The zero-order chi connectivity index (χ0) is 22.5. The molecular formula is C17H17F3N4O5S. The number of alkyl halides is 3. The first kappa shape index (κ1) is 23.2. The molecule has 1 aliphatic heterocycles. The molecule has 2 aromatic heterocycles. The molecule has 13 heteroatoms. The molecule has 1 aliphatic rings. The summed E-state index contributed by atoms with van der Waals surface area (Å²) in [5, 5.41) is 7.76. The summed E-state index contributed by atoms with van der Waals surface area (Å²) in [6.45, 7) is 0.288. The molecule has 0 saturated carbocycles. The molecule has 2 aromatic rings. The molecule has 3 heterocycles. The van der Waals surface area contributed by atoms with Gasteiger partial charge in [0.2, 0.25) is 0 Å². The molecule has 1 unspecified atom stereocenters. The van der Waals surface area contributed by atoms with Gasteiger partial charge in [0.15, 0.2) is 0 Å². The lowest BCUT2D eigenvalue weighted by Crippen LogP contribution is -2.49. The van der Waals surface area contributed by atoms with Crippen molar-refractivity contribution >= 4 is 29.6 Å². The minimum absolute atomic E-state index is 0.238. The van der Waals surface area contributed by atoms with Crippen molar-refractivity contribution in [2.24, 2.45) is 0 Å². The van der Waals surface area contributed by atoms with Gasteiger partial charge in [0.1, 0.15) is 11.1 Å². The Labute approximate surface area is 172 Å². The summed E-state index contributed by atoms with van der Waals surface area (Å²) in [5.74, 6) is -3.44. The predicted molar refractivity (Wildman–Crippen MR) is 97.7 cm³/mol. The Hall–Kier alpha value is -3.09. The van der Waals surface area contributed by atoms with E-state index in [9.17, 15) is 22.8 Å². The molecule has 1 amide bonds. The number of thioether (sulfide) groups is 1. The van der Waals surface area contributed by atoms with Crippen LogP contribution < -0.4 is 0 Å². The second kappa shape index (κ2) is 9.61. The molecule has 0 fully saturated rings. The number of halogens is 3. The second-order valence-corrected chi connectivity index (χ2v) is 6.66. The van der Waals surface area contributed by atoms with Crippen molar-refractivity contribution in [1.29, 1.82) is 0 Å². The lowest BCUT2D eigenvalue weighted by atomic mass is 10.0. The van der Waals surface area contributed by atoms with Crippen LogP contribution in [0.3, 0.4) is 0 Å². The summed E-state index contributed by atoms with van der Waals surface area (Å²) in [6.07, 6.45) is 0.334. The van der Waals surface area contributed by atoms with Crippen LogP contribution in [0.5, 0.6) is 0 Å². The van der Waals surface area contributed by atoms with E-state index in [0.717, 1.165) is 11.4 Å².